The normalized spacial score (nSPS) is 22.7. The summed E-state index contributed by atoms with van der Waals surface area (Å²) in [5, 5.41) is 9.21. The summed E-state index contributed by atoms with van der Waals surface area (Å²) in [6.07, 6.45) is 2.99. The van der Waals surface area contributed by atoms with E-state index in [4.69, 9.17) is 0 Å². The number of rotatable bonds is 2. The van der Waals surface area contributed by atoms with Crippen molar-refractivity contribution < 1.29 is 9.90 Å². The zero-order valence-electron chi connectivity index (χ0n) is 7.10. The number of carbonyl (C=O) groups is 1. The smallest absolute Gasteiger partial charge is 0.225 e. The number of imidazole rings is 1. The summed E-state index contributed by atoms with van der Waals surface area (Å²) in [7, 11) is 0. The van der Waals surface area contributed by atoms with E-state index in [-0.39, 0.29) is 12.3 Å². The average molecular weight is 181 g/mol. The monoisotopic (exact) mass is 181 g/mol. The van der Waals surface area contributed by atoms with E-state index in [1.807, 2.05) is 0 Å². The molecular formula is C8H11N3O2. The highest BCUT2D eigenvalue weighted by atomic mass is 16.3. The Morgan fingerprint density at radius 2 is 2.62 bits per heavy atom. The average Bonchev–Trinajstić information content (AvgIpc) is 2.63. The summed E-state index contributed by atoms with van der Waals surface area (Å²) in [6, 6.07) is 0. The van der Waals surface area contributed by atoms with E-state index in [1.165, 1.54) is 0 Å². The lowest BCUT2D eigenvalue weighted by Crippen LogP contribution is -2.25. The maximum Gasteiger partial charge on any atom is 0.225 e. The molecule has 0 saturated carbocycles. The lowest BCUT2D eigenvalue weighted by Gasteiger charge is -2.13. The Bertz CT molecular complexity index is 296. The first kappa shape index (κ1) is 8.25. The quantitative estimate of drug-likeness (QED) is 0.646. The highest BCUT2D eigenvalue weighted by Gasteiger charge is 2.27. The van der Waals surface area contributed by atoms with Gasteiger partial charge in [0.05, 0.1) is 31.1 Å². The molecule has 2 N–H and O–H groups in total. The lowest BCUT2D eigenvalue weighted by molar-refractivity contribution is -0.128. The molecule has 5 nitrogen and oxygen atoms in total. The van der Waals surface area contributed by atoms with Crippen molar-refractivity contribution in [1.82, 2.24) is 14.9 Å². The Balaban J connectivity index is 1.99. The van der Waals surface area contributed by atoms with Crippen LogP contribution in [-0.2, 0) is 11.3 Å². The predicted molar refractivity (Wildman–Crippen MR) is 44.6 cm³/mol. The number of likely N-dealkylation sites (tertiary alicyclic amines) is 1. The minimum Gasteiger partial charge on any atom is -0.391 e. The van der Waals surface area contributed by atoms with Gasteiger partial charge in [-0.05, 0) is 0 Å². The summed E-state index contributed by atoms with van der Waals surface area (Å²) < 4.78 is 0. The standard InChI is InChI=1S/C8H11N3O2/c12-7-1-8(13)11(4-7)3-6-2-9-5-10-6/h2,5,7,12H,1,3-4H2,(H,9,10). The molecule has 1 aromatic rings. The predicted octanol–water partition coefficient (Wildman–Crippen LogP) is -0.497. The Morgan fingerprint density at radius 3 is 3.15 bits per heavy atom. The molecule has 0 aromatic carbocycles. The third-order valence-electron chi connectivity index (χ3n) is 2.11. The minimum atomic E-state index is -0.504. The van der Waals surface area contributed by atoms with E-state index in [0.717, 1.165) is 5.69 Å². The van der Waals surface area contributed by atoms with Crippen molar-refractivity contribution in [3.8, 4) is 0 Å². The summed E-state index contributed by atoms with van der Waals surface area (Å²) in [5.41, 5.74) is 0.891. The van der Waals surface area contributed by atoms with Gasteiger partial charge in [0, 0.05) is 12.7 Å². The van der Waals surface area contributed by atoms with E-state index in [1.54, 1.807) is 17.4 Å². The van der Waals surface area contributed by atoms with Gasteiger partial charge in [-0.15, -0.1) is 0 Å². The molecule has 1 aliphatic rings. The van der Waals surface area contributed by atoms with Crippen molar-refractivity contribution in [1.29, 1.82) is 0 Å². The number of H-pyrrole nitrogens is 1. The molecule has 70 valence electrons. The number of hydrogen-bond donors (Lipinski definition) is 2. The Hall–Kier alpha value is -1.36. The molecule has 2 rings (SSSR count). The van der Waals surface area contributed by atoms with Crippen LogP contribution < -0.4 is 0 Å². The Kier molecular flexibility index (Phi) is 2.02. The van der Waals surface area contributed by atoms with Gasteiger partial charge in [0.15, 0.2) is 0 Å². The van der Waals surface area contributed by atoms with Crippen LogP contribution in [0.2, 0.25) is 0 Å². The number of aromatic nitrogens is 2. The number of hydrogen-bond acceptors (Lipinski definition) is 3. The van der Waals surface area contributed by atoms with Crippen LogP contribution in [0.4, 0.5) is 0 Å². The van der Waals surface area contributed by atoms with Gasteiger partial charge < -0.3 is 15.0 Å². The molecule has 1 amide bonds. The van der Waals surface area contributed by atoms with Gasteiger partial charge in [0.2, 0.25) is 5.91 Å². The highest BCUT2D eigenvalue weighted by molar-refractivity contribution is 5.78. The molecular weight excluding hydrogens is 170 g/mol. The van der Waals surface area contributed by atoms with E-state index >= 15 is 0 Å². The molecule has 0 spiro atoms. The molecule has 1 atom stereocenters. The second-order valence-corrected chi connectivity index (χ2v) is 3.21. The van der Waals surface area contributed by atoms with Crippen LogP contribution in [0.1, 0.15) is 12.1 Å². The molecule has 13 heavy (non-hydrogen) atoms. The van der Waals surface area contributed by atoms with Crippen LogP contribution in [0.3, 0.4) is 0 Å². The molecule has 1 aliphatic heterocycles. The van der Waals surface area contributed by atoms with Gasteiger partial charge in [0.25, 0.3) is 0 Å². The number of aromatic amines is 1. The van der Waals surface area contributed by atoms with Gasteiger partial charge in [-0.25, -0.2) is 4.98 Å². The number of aliphatic hydroxyl groups is 1. The second-order valence-electron chi connectivity index (χ2n) is 3.21. The van der Waals surface area contributed by atoms with Crippen molar-refractivity contribution in [2.24, 2.45) is 0 Å². The molecule has 1 unspecified atom stereocenters. The van der Waals surface area contributed by atoms with Crippen molar-refractivity contribution in [3.63, 3.8) is 0 Å². The third kappa shape index (κ3) is 1.70. The summed E-state index contributed by atoms with van der Waals surface area (Å²) in [5.74, 6) is 0.00194. The van der Waals surface area contributed by atoms with Gasteiger partial charge in [0.1, 0.15) is 0 Å². The number of nitrogens with zero attached hydrogens (tertiary/aromatic N) is 2. The molecule has 2 heterocycles. The third-order valence-corrected chi connectivity index (χ3v) is 2.11. The fourth-order valence-electron chi connectivity index (χ4n) is 1.48. The number of amides is 1. The minimum absolute atomic E-state index is 0.00194. The Morgan fingerprint density at radius 1 is 1.77 bits per heavy atom. The van der Waals surface area contributed by atoms with Crippen LogP contribution in [0.15, 0.2) is 12.5 Å². The molecule has 0 radical (unpaired) electrons. The van der Waals surface area contributed by atoms with Crippen molar-refractivity contribution in [2.75, 3.05) is 6.54 Å². The SMILES string of the molecule is O=C1CC(O)CN1Cc1cnc[nH]1. The van der Waals surface area contributed by atoms with E-state index in [2.05, 4.69) is 9.97 Å². The highest BCUT2D eigenvalue weighted by Crippen LogP contribution is 2.13. The number of aliphatic hydroxyl groups excluding tert-OH is 1. The first-order valence-corrected chi connectivity index (χ1v) is 4.19. The zero-order chi connectivity index (χ0) is 9.26. The van der Waals surface area contributed by atoms with E-state index in [0.29, 0.717) is 13.1 Å². The largest absolute Gasteiger partial charge is 0.391 e. The molecule has 5 heteroatoms. The van der Waals surface area contributed by atoms with Crippen molar-refractivity contribution in [2.45, 2.75) is 19.1 Å². The fourth-order valence-corrected chi connectivity index (χ4v) is 1.48. The van der Waals surface area contributed by atoms with Gasteiger partial charge in [-0.2, -0.15) is 0 Å². The van der Waals surface area contributed by atoms with Gasteiger partial charge >= 0.3 is 0 Å². The first-order chi connectivity index (χ1) is 6.25. The maximum atomic E-state index is 11.2. The van der Waals surface area contributed by atoms with Crippen LogP contribution in [0.25, 0.3) is 0 Å². The molecule has 0 aliphatic carbocycles. The van der Waals surface area contributed by atoms with E-state index < -0.39 is 6.10 Å². The number of β-amino-alcohol motifs (C(OH)–C–C–N with tert-alkyl or cyclic N) is 1. The summed E-state index contributed by atoms with van der Waals surface area (Å²) in [4.78, 5) is 19.6. The van der Waals surface area contributed by atoms with Gasteiger partial charge in [-0.1, -0.05) is 0 Å². The maximum absolute atomic E-state index is 11.2. The Labute approximate surface area is 75.4 Å². The lowest BCUT2D eigenvalue weighted by atomic mass is 10.3. The van der Waals surface area contributed by atoms with Crippen LogP contribution in [0.5, 0.6) is 0 Å². The van der Waals surface area contributed by atoms with E-state index in [9.17, 15) is 9.90 Å². The van der Waals surface area contributed by atoms with Crippen LogP contribution in [0, 0.1) is 0 Å². The second kappa shape index (κ2) is 3.18. The summed E-state index contributed by atoms with van der Waals surface area (Å²) in [6.45, 7) is 0.938. The number of carbonyl (C=O) groups excluding carboxylic acids is 1. The molecule has 1 fully saturated rings. The summed E-state index contributed by atoms with van der Waals surface area (Å²) >= 11 is 0. The van der Waals surface area contributed by atoms with Crippen molar-refractivity contribution in [3.05, 3.63) is 18.2 Å². The first-order valence-electron chi connectivity index (χ1n) is 4.19. The van der Waals surface area contributed by atoms with Crippen LogP contribution in [-0.4, -0.2) is 38.5 Å². The van der Waals surface area contributed by atoms with Gasteiger partial charge in [-0.3, -0.25) is 4.79 Å². The van der Waals surface area contributed by atoms with Crippen molar-refractivity contribution >= 4 is 5.91 Å². The molecule has 1 aromatic heterocycles. The number of nitrogens with one attached hydrogen (secondary N) is 1. The fraction of sp³-hybridized carbons (Fsp3) is 0.500. The molecule has 1 saturated heterocycles. The van der Waals surface area contributed by atoms with Crippen LogP contribution >= 0.6 is 0 Å². The molecule has 0 bridgehead atoms. The topological polar surface area (TPSA) is 69.2 Å². The zero-order valence-corrected chi connectivity index (χ0v) is 7.10.